The average molecular weight is 408 g/mol. The normalized spacial score (nSPS) is 15.4. The van der Waals surface area contributed by atoms with Gasteiger partial charge in [0, 0.05) is 24.2 Å². The summed E-state index contributed by atoms with van der Waals surface area (Å²) in [5.74, 6) is 1.90. The third-order valence-corrected chi connectivity index (χ3v) is 6.31. The number of hydrogen-bond acceptors (Lipinski definition) is 5. The zero-order valence-corrected chi connectivity index (χ0v) is 17.9. The van der Waals surface area contributed by atoms with Gasteiger partial charge in [-0.2, -0.15) is 0 Å². The van der Waals surface area contributed by atoms with Crippen LogP contribution in [-0.2, 0) is 6.42 Å². The molecule has 1 saturated heterocycles. The molecule has 1 fully saturated rings. The molecule has 3 aromatic rings. The maximum absolute atomic E-state index is 12.7. The van der Waals surface area contributed by atoms with E-state index in [0.717, 1.165) is 49.0 Å². The van der Waals surface area contributed by atoms with E-state index in [-0.39, 0.29) is 5.63 Å². The van der Waals surface area contributed by atoms with Crippen LogP contribution in [0.5, 0.6) is 11.5 Å². The highest BCUT2D eigenvalue weighted by atomic mass is 16.5. The highest BCUT2D eigenvalue weighted by Gasteiger charge is 2.22. The molecule has 4 rings (SSSR count). The Morgan fingerprint density at radius 1 is 1.07 bits per heavy atom. The highest BCUT2D eigenvalue weighted by Crippen LogP contribution is 2.34. The summed E-state index contributed by atoms with van der Waals surface area (Å²) in [6, 6.07) is 14.3. The van der Waals surface area contributed by atoms with E-state index >= 15 is 0 Å². The summed E-state index contributed by atoms with van der Waals surface area (Å²) in [6.07, 6.45) is 2.99. The molecule has 0 radical (unpaired) electrons. The van der Waals surface area contributed by atoms with E-state index in [1.54, 1.807) is 20.3 Å². The molecular weight excluding hydrogens is 378 g/mol. The fourth-order valence-electron chi connectivity index (χ4n) is 4.53. The summed E-state index contributed by atoms with van der Waals surface area (Å²) in [5.41, 5.74) is 3.33. The van der Waals surface area contributed by atoms with Crippen molar-refractivity contribution >= 4 is 11.0 Å². The highest BCUT2D eigenvalue weighted by molar-refractivity contribution is 5.89. The van der Waals surface area contributed by atoms with Crippen LogP contribution in [0.3, 0.4) is 0 Å². The van der Waals surface area contributed by atoms with Gasteiger partial charge in [0.05, 0.1) is 19.6 Å². The van der Waals surface area contributed by atoms with E-state index in [1.807, 2.05) is 13.0 Å². The minimum atomic E-state index is -0.269. The minimum Gasteiger partial charge on any atom is -0.496 e. The Morgan fingerprint density at radius 2 is 1.80 bits per heavy atom. The van der Waals surface area contributed by atoms with Gasteiger partial charge in [0.15, 0.2) is 0 Å². The van der Waals surface area contributed by atoms with Crippen molar-refractivity contribution in [2.45, 2.75) is 32.1 Å². The predicted octanol–water partition coefficient (Wildman–Crippen LogP) is 4.54. The lowest BCUT2D eigenvalue weighted by Gasteiger charge is -2.32. The molecule has 1 aliphatic rings. The molecule has 0 amide bonds. The molecule has 0 N–H and O–H groups in total. The van der Waals surface area contributed by atoms with Gasteiger partial charge in [-0.05, 0) is 56.3 Å². The number of piperidine rings is 1. The minimum absolute atomic E-state index is 0.269. The first kappa shape index (κ1) is 20.5. The van der Waals surface area contributed by atoms with E-state index in [1.165, 1.54) is 5.56 Å². The number of benzene rings is 2. The van der Waals surface area contributed by atoms with Crippen molar-refractivity contribution in [3.8, 4) is 11.5 Å². The van der Waals surface area contributed by atoms with Crippen molar-refractivity contribution in [2.75, 3.05) is 33.9 Å². The maximum atomic E-state index is 12.7. The second kappa shape index (κ2) is 8.92. The molecule has 0 atom stereocenters. The van der Waals surface area contributed by atoms with E-state index in [2.05, 4.69) is 35.2 Å². The number of likely N-dealkylation sites (tertiary alicyclic amines) is 1. The molecule has 158 valence electrons. The van der Waals surface area contributed by atoms with Crippen LogP contribution in [-0.4, -0.2) is 38.8 Å². The van der Waals surface area contributed by atoms with Gasteiger partial charge >= 0.3 is 5.63 Å². The SMILES string of the molecule is COc1cc(OC)c2c(C)c(CCN3CCC(c4ccccc4)CC3)c(=O)oc2c1. The monoisotopic (exact) mass is 407 g/mol. The number of rotatable bonds is 6. The summed E-state index contributed by atoms with van der Waals surface area (Å²) in [6.45, 7) is 4.94. The molecule has 0 aliphatic carbocycles. The lowest BCUT2D eigenvalue weighted by molar-refractivity contribution is 0.214. The molecule has 2 heterocycles. The fourth-order valence-corrected chi connectivity index (χ4v) is 4.53. The quantitative estimate of drug-likeness (QED) is 0.562. The van der Waals surface area contributed by atoms with Crippen molar-refractivity contribution in [3.05, 3.63) is 69.6 Å². The van der Waals surface area contributed by atoms with Gasteiger partial charge in [0.2, 0.25) is 0 Å². The van der Waals surface area contributed by atoms with Gasteiger partial charge in [-0.15, -0.1) is 0 Å². The molecule has 5 nitrogen and oxygen atoms in total. The molecule has 2 aromatic carbocycles. The Labute approximate surface area is 177 Å². The maximum Gasteiger partial charge on any atom is 0.339 e. The lowest BCUT2D eigenvalue weighted by Crippen LogP contribution is -2.35. The number of hydrogen-bond donors (Lipinski definition) is 0. The van der Waals surface area contributed by atoms with Crippen LogP contribution in [0.1, 0.15) is 35.4 Å². The molecule has 0 saturated carbocycles. The van der Waals surface area contributed by atoms with Gasteiger partial charge in [-0.25, -0.2) is 4.79 Å². The third-order valence-electron chi connectivity index (χ3n) is 6.31. The second-order valence-electron chi connectivity index (χ2n) is 7.97. The molecular formula is C25H29NO4. The van der Waals surface area contributed by atoms with Crippen LogP contribution >= 0.6 is 0 Å². The van der Waals surface area contributed by atoms with Gasteiger partial charge in [0.25, 0.3) is 0 Å². The Balaban J connectivity index is 1.49. The summed E-state index contributed by atoms with van der Waals surface area (Å²) < 4.78 is 16.5. The summed E-state index contributed by atoms with van der Waals surface area (Å²) in [4.78, 5) is 15.1. The van der Waals surface area contributed by atoms with E-state index in [4.69, 9.17) is 13.9 Å². The van der Waals surface area contributed by atoms with Crippen LogP contribution in [0.4, 0.5) is 0 Å². The molecule has 1 aliphatic heterocycles. The van der Waals surface area contributed by atoms with E-state index in [0.29, 0.717) is 29.4 Å². The molecule has 0 spiro atoms. The number of methoxy groups -OCH3 is 2. The second-order valence-corrected chi connectivity index (χ2v) is 7.97. The predicted molar refractivity (Wildman–Crippen MR) is 119 cm³/mol. The zero-order valence-electron chi connectivity index (χ0n) is 17.9. The number of ether oxygens (including phenoxy) is 2. The van der Waals surface area contributed by atoms with Crippen molar-refractivity contribution in [1.29, 1.82) is 0 Å². The lowest BCUT2D eigenvalue weighted by atomic mass is 9.89. The summed E-state index contributed by atoms with van der Waals surface area (Å²) >= 11 is 0. The first-order chi connectivity index (χ1) is 14.6. The smallest absolute Gasteiger partial charge is 0.339 e. The van der Waals surface area contributed by atoms with Gasteiger partial charge in [-0.3, -0.25) is 0 Å². The summed E-state index contributed by atoms with van der Waals surface area (Å²) in [5, 5.41) is 0.843. The molecule has 0 unspecified atom stereocenters. The van der Waals surface area contributed by atoms with Crippen molar-refractivity contribution in [3.63, 3.8) is 0 Å². The van der Waals surface area contributed by atoms with E-state index in [9.17, 15) is 4.79 Å². The summed E-state index contributed by atoms with van der Waals surface area (Å²) in [7, 11) is 3.20. The largest absolute Gasteiger partial charge is 0.496 e. The molecule has 5 heteroatoms. The van der Waals surface area contributed by atoms with Crippen molar-refractivity contribution < 1.29 is 13.9 Å². The molecule has 1 aromatic heterocycles. The Bertz CT molecular complexity index is 1070. The van der Waals surface area contributed by atoms with Crippen LogP contribution in [0.25, 0.3) is 11.0 Å². The number of nitrogens with zero attached hydrogens (tertiary/aromatic N) is 1. The average Bonchev–Trinajstić information content (AvgIpc) is 2.79. The van der Waals surface area contributed by atoms with Crippen LogP contribution < -0.4 is 15.1 Å². The molecule has 0 bridgehead atoms. The first-order valence-corrected chi connectivity index (χ1v) is 10.6. The number of aryl methyl sites for hydroxylation is 1. The third kappa shape index (κ3) is 4.08. The van der Waals surface area contributed by atoms with Crippen LogP contribution in [0, 0.1) is 6.92 Å². The van der Waals surface area contributed by atoms with Crippen LogP contribution in [0.2, 0.25) is 0 Å². The topological polar surface area (TPSA) is 51.9 Å². The first-order valence-electron chi connectivity index (χ1n) is 10.6. The van der Waals surface area contributed by atoms with Crippen molar-refractivity contribution in [2.24, 2.45) is 0 Å². The molecule has 30 heavy (non-hydrogen) atoms. The zero-order chi connectivity index (χ0) is 21.1. The van der Waals surface area contributed by atoms with Gasteiger partial charge in [0.1, 0.15) is 17.1 Å². The van der Waals surface area contributed by atoms with Gasteiger partial charge in [-0.1, -0.05) is 30.3 Å². The Morgan fingerprint density at radius 3 is 2.47 bits per heavy atom. The van der Waals surface area contributed by atoms with E-state index < -0.39 is 0 Å². The standard InChI is InChI=1S/C25H29NO4/c1-17-21(25(27)30-23-16-20(28-2)15-22(29-3)24(17)23)11-14-26-12-9-19(10-13-26)18-7-5-4-6-8-18/h4-8,15-16,19H,9-14H2,1-3H3. The van der Waals surface area contributed by atoms with Crippen LogP contribution in [0.15, 0.2) is 51.7 Å². The van der Waals surface area contributed by atoms with Gasteiger partial charge < -0.3 is 18.8 Å². The Hall–Kier alpha value is -2.79. The number of fused-ring (bicyclic) bond motifs is 1. The Kier molecular flexibility index (Phi) is 6.09. The fraction of sp³-hybridized carbons (Fsp3) is 0.400. The van der Waals surface area contributed by atoms with Crippen molar-refractivity contribution in [1.82, 2.24) is 4.90 Å².